The minimum Gasteiger partial charge on any atom is -0.493 e. The molecule has 1 aromatic carbocycles. The highest BCUT2D eigenvalue weighted by Gasteiger charge is 2.18. The maximum Gasteiger partial charge on any atom is 0.246 e. The largest absolute Gasteiger partial charge is 0.493 e. The van der Waals surface area contributed by atoms with Gasteiger partial charge in [-0.15, -0.1) is 6.58 Å². The van der Waals surface area contributed by atoms with Crippen molar-refractivity contribution >= 4 is 27.9 Å². The van der Waals surface area contributed by atoms with Crippen LogP contribution in [0.4, 0.5) is 0 Å². The van der Waals surface area contributed by atoms with E-state index in [0.29, 0.717) is 6.61 Å². The van der Waals surface area contributed by atoms with Crippen molar-refractivity contribution in [2.24, 2.45) is 0 Å². The van der Waals surface area contributed by atoms with Gasteiger partial charge in [-0.3, -0.25) is 9.69 Å². The number of carbonyl (C=O) groups is 1. The van der Waals surface area contributed by atoms with Gasteiger partial charge in [-0.1, -0.05) is 22.0 Å². The van der Waals surface area contributed by atoms with Gasteiger partial charge in [0.1, 0.15) is 5.75 Å². The van der Waals surface area contributed by atoms with E-state index in [9.17, 15) is 4.79 Å². The molecule has 4 nitrogen and oxygen atoms in total. The Bertz CT molecular complexity index is 578. The zero-order chi connectivity index (χ0) is 16.7. The predicted molar refractivity (Wildman–Crippen MR) is 97.6 cm³/mol. The second kappa shape index (κ2) is 8.89. The summed E-state index contributed by atoms with van der Waals surface area (Å²) >= 11 is 3.45. The Kier molecular flexibility index (Phi) is 6.86. The van der Waals surface area contributed by atoms with Gasteiger partial charge in [-0.25, -0.2) is 0 Å². The third-order valence-corrected chi connectivity index (χ3v) is 4.24. The number of benzene rings is 1. The number of nitrogens with zero attached hydrogens (tertiary/aromatic N) is 2. The highest BCUT2D eigenvalue weighted by molar-refractivity contribution is 9.10. The van der Waals surface area contributed by atoms with Crippen LogP contribution in [0.1, 0.15) is 12.5 Å². The summed E-state index contributed by atoms with van der Waals surface area (Å²) in [5, 5.41) is 0. The lowest BCUT2D eigenvalue weighted by atomic mass is 10.2. The molecule has 1 heterocycles. The van der Waals surface area contributed by atoms with Crippen LogP contribution in [0.3, 0.4) is 0 Å². The van der Waals surface area contributed by atoms with E-state index in [0.717, 1.165) is 48.5 Å². The number of halogens is 1. The molecular formula is C18H23BrN2O2. The minimum atomic E-state index is 0.0469. The lowest BCUT2D eigenvalue weighted by Crippen LogP contribution is -2.48. The number of piperazine rings is 1. The Hall–Kier alpha value is -1.59. The van der Waals surface area contributed by atoms with E-state index in [1.54, 1.807) is 6.08 Å². The lowest BCUT2D eigenvalue weighted by Gasteiger charge is -2.33. The van der Waals surface area contributed by atoms with Gasteiger partial charge >= 0.3 is 0 Å². The summed E-state index contributed by atoms with van der Waals surface area (Å²) < 4.78 is 6.56. The first-order valence-electron chi connectivity index (χ1n) is 7.86. The molecule has 0 atom stereocenters. The van der Waals surface area contributed by atoms with Gasteiger partial charge in [0.2, 0.25) is 5.91 Å². The van der Waals surface area contributed by atoms with Gasteiger partial charge in [0.25, 0.3) is 0 Å². The van der Waals surface area contributed by atoms with Gasteiger partial charge in [0.15, 0.2) is 0 Å². The number of amides is 1. The molecule has 0 N–H and O–H groups in total. The molecule has 0 saturated carbocycles. The van der Waals surface area contributed by atoms with Crippen molar-refractivity contribution in [2.45, 2.75) is 6.92 Å². The van der Waals surface area contributed by atoms with Gasteiger partial charge in [-0.05, 0) is 31.2 Å². The van der Waals surface area contributed by atoms with Crippen LogP contribution in [0.5, 0.6) is 5.75 Å². The molecule has 0 unspecified atom stereocenters. The predicted octanol–water partition coefficient (Wildman–Crippen LogP) is 3.19. The molecule has 1 aliphatic rings. The minimum absolute atomic E-state index is 0.0469. The number of hydrogen-bond donors (Lipinski definition) is 0. The Labute approximate surface area is 146 Å². The Morgan fingerprint density at radius 3 is 2.74 bits per heavy atom. The maximum atomic E-state index is 12.3. The second-order valence-electron chi connectivity index (χ2n) is 5.36. The third-order valence-electron chi connectivity index (χ3n) is 3.75. The fourth-order valence-electron chi connectivity index (χ4n) is 2.54. The molecule has 124 valence electrons. The molecule has 1 saturated heterocycles. The topological polar surface area (TPSA) is 32.8 Å². The van der Waals surface area contributed by atoms with Crippen LogP contribution in [-0.4, -0.2) is 55.0 Å². The van der Waals surface area contributed by atoms with Crippen LogP contribution in [0.25, 0.3) is 6.08 Å². The van der Waals surface area contributed by atoms with E-state index in [4.69, 9.17) is 4.74 Å². The maximum absolute atomic E-state index is 12.3. The quantitative estimate of drug-likeness (QED) is 0.562. The number of ether oxygens (including phenoxy) is 1. The van der Waals surface area contributed by atoms with Gasteiger partial charge in [0, 0.05) is 48.8 Å². The van der Waals surface area contributed by atoms with Crippen LogP contribution in [0, 0.1) is 0 Å². The van der Waals surface area contributed by atoms with E-state index in [1.165, 1.54) is 0 Å². The highest BCUT2D eigenvalue weighted by atomic mass is 79.9. The number of hydrogen-bond acceptors (Lipinski definition) is 3. The molecule has 0 spiro atoms. The zero-order valence-electron chi connectivity index (χ0n) is 13.5. The van der Waals surface area contributed by atoms with Crippen LogP contribution < -0.4 is 4.74 Å². The highest BCUT2D eigenvalue weighted by Crippen LogP contribution is 2.24. The summed E-state index contributed by atoms with van der Waals surface area (Å²) in [6.07, 6.45) is 5.36. The molecule has 1 aromatic rings. The van der Waals surface area contributed by atoms with E-state index in [-0.39, 0.29) is 5.91 Å². The molecule has 2 rings (SSSR count). The average Bonchev–Trinajstić information content (AvgIpc) is 2.56. The fourth-order valence-corrected chi connectivity index (χ4v) is 2.92. The average molecular weight is 379 g/mol. The lowest BCUT2D eigenvalue weighted by molar-refractivity contribution is -0.127. The van der Waals surface area contributed by atoms with Crippen LogP contribution >= 0.6 is 15.9 Å². The smallest absolute Gasteiger partial charge is 0.246 e. The molecule has 0 aromatic heterocycles. The van der Waals surface area contributed by atoms with E-state index >= 15 is 0 Å². The molecule has 1 fully saturated rings. The Morgan fingerprint density at radius 1 is 1.35 bits per heavy atom. The SMILES string of the molecule is C=CCN1CCN(C(=O)C=Cc2cc(Br)ccc2OCC)CC1. The standard InChI is InChI=1S/C18H23BrN2O2/c1-3-9-20-10-12-21(13-11-20)18(22)8-5-15-14-16(19)6-7-17(15)23-4-2/h3,5-8,14H,1,4,9-13H2,2H3. The van der Waals surface area contributed by atoms with Crippen molar-refractivity contribution in [3.05, 3.63) is 47.0 Å². The van der Waals surface area contributed by atoms with Crippen LogP contribution in [0.2, 0.25) is 0 Å². The van der Waals surface area contributed by atoms with Gasteiger partial charge in [-0.2, -0.15) is 0 Å². The first-order valence-corrected chi connectivity index (χ1v) is 8.66. The first kappa shape index (κ1) is 17.8. The normalized spacial score (nSPS) is 15.8. The van der Waals surface area contributed by atoms with Gasteiger partial charge in [0.05, 0.1) is 6.61 Å². The molecular weight excluding hydrogens is 356 g/mol. The Morgan fingerprint density at radius 2 is 2.09 bits per heavy atom. The number of rotatable bonds is 6. The number of carbonyl (C=O) groups excluding carboxylic acids is 1. The fraction of sp³-hybridized carbons (Fsp3) is 0.389. The molecule has 1 aliphatic heterocycles. The summed E-state index contributed by atoms with van der Waals surface area (Å²) in [7, 11) is 0. The van der Waals surface area contributed by atoms with Crippen molar-refractivity contribution < 1.29 is 9.53 Å². The molecule has 0 aliphatic carbocycles. The van der Waals surface area contributed by atoms with Crippen molar-refractivity contribution in [3.8, 4) is 5.75 Å². The first-order chi connectivity index (χ1) is 11.1. The summed E-state index contributed by atoms with van der Waals surface area (Å²) in [4.78, 5) is 16.5. The van der Waals surface area contributed by atoms with Gasteiger partial charge < -0.3 is 9.64 Å². The van der Waals surface area contributed by atoms with Crippen molar-refractivity contribution in [1.29, 1.82) is 0 Å². The zero-order valence-corrected chi connectivity index (χ0v) is 15.1. The summed E-state index contributed by atoms with van der Waals surface area (Å²) in [6.45, 7) is 10.5. The molecule has 0 bridgehead atoms. The third kappa shape index (κ3) is 5.22. The van der Waals surface area contributed by atoms with Crippen LogP contribution in [0.15, 0.2) is 41.4 Å². The second-order valence-corrected chi connectivity index (χ2v) is 6.28. The monoisotopic (exact) mass is 378 g/mol. The Balaban J connectivity index is 1.99. The van der Waals surface area contributed by atoms with Crippen molar-refractivity contribution in [2.75, 3.05) is 39.3 Å². The van der Waals surface area contributed by atoms with E-state index in [2.05, 4.69) is 27.4 Å². The van der Waals surface area contributed by atoms with Crippen molar-refractivity contribution in [1.82, 2.24) is 9.80 Å². The van der Waals surface area contributed by atoms with E-state index in [1.807, 2.05) is 42.2 Å². The van der Waals surface area contributed by atoms with E-state index < -0.39 is 0 Å². The molecule has 23 heavy (non-hydrogen) atoms. The molecule has 1 amide bonds. The molecule has 0 radical (unpaired) electrons. The summed E-state index contributed by atoms with van der Waals surface area (Å²) in [5.74, 6) is 0.834. The molecule has 5 heteroatoms. The van der Waals surface area contributed by atoms with Crippen molar-refractivity contribution in [3.63, 3.8) is 0 Å². The van der Waals surface area contributed by atoms with Crippen LogP contribution in [-0.2, 0) is 4.79 Å². The summed E-state index contributed by atoms with van der Waals surface area (Å²) in [5.41, 5.74) is 0.903. The summed E-state index contributed by atoms with van der Waals surface area (Å²) in [6, 6.07) is 5.80.